The van der Waals surface area contributed by atoms with Crippen molar-refractivity contribution in [3.63, 3.8) is 0 Å². The van der Waals surface area contributed by atoms with Gasteiger partial charge >= 0.3 is 0 Å². The first kappa shape index (κ1) is 41.6. The van der Waals surface area contributed by atoms with E-state index in [9.17, 15) is 16.8 Å². The molecule has 2 atom stereocenters. The fourth-order valence-corrected chi connectivity index (χ4v) is 12.1. The van der Waals surface area contributed by atoms with Gasteiger partial charge in [0.15, 0.2) is 23.0 Å². The molecule has 0 bridgehead atoms. The van der Waals surface area contributed by atoms with Crippen LogP contribution in [-0.2, 0) is 32.9 Å². The van der Waals surface area contributed by atoms with E-state index in [1.54, 1.807) is 20.8 Å². The second-order valence-corrected chi connectivity index (χ2v) is 19.9. The maximum atomic E-state index is 13.6. The van der Waals surface area contributed by atoms with Gasteiger partial charge in [0, 0.05) is 57.1 Å². The smallest absolute Gasteiger partial charge is 0.237 e. The molecule has 4 aliphatic rings. The molecule has 0 spiro atoms. The first-order valence-electron chi connectivity index (χ1n) is 21.7. The van der Waals surface area contributed by atoms with Crippen molar-refractivity contribution in [1.82, 2.24) is 18.6 Å². The maximum Gasteiger partial charge on any atom is 0.237 e. The summed E-state index contributed by atoms with van der Waals surface area (Å²) in [6, 6.07) is 45.4. The Morgan fingerprint density at radius 3 is 1.30 bits per heavy atom. The van der Waals surface area contributed by atoms with Gasteiger partial charge in [-0.05, 0) is 94.8 Å². The highest BCUT2D eigenvalue weighted by molar-refractivity contribution is 7.92. The second-order valence-electron chi connectivity index (χ2n) is 16.4. The SMILES string of the molecule is O=S(=O)(/C=C/c1ccccc1)N1CCc2c([nH]c3ccccc23)C1c1ccc2c(c1)OCO2.O=S(=O)(/C=C/c1ccccc1)N1CCc2c([nH]c3ccccc23)[C@H]1c1ccc2c(c1)OCO2. The quantitative estimate of drug-likeness (QED) is 0.154. The number of nitrogens with zero attached hydrogens (tertiary/aromatic N) is 2. The Morgan fingerprint density at radius 2 is 0.864 bits per heavy atom. The van der Waals surface area contributed by atoms with Gasteiger partial charge in [0.25, 0.3) is 0 Å². The summed E-state index contributed by atoms with van der Waals surface area (Å²) in [6.07, 6.45) is 4.57. The fraction of sp³-hybridized carbons (Fsp3) is 0.154. The molecule has 6 heterocycles. The Morgan fingerprint density at radius 1 is 0.470 bits per heavy atom. The van der Waals surface area contributed by atoms with Gasteiger partial charge in [-0.3, -0.25) is 0 Å². The summed E-state index contributed by atoms with van der Waals surface area (Å²) in [4.78, 5) is 7.01. The van der Waals surface area contributed by atoms with Crippen molar-refractivity contribution in [1.29, 1.82) is 0 Å². The molecule has 0 saturated heterocycles. The zero-order valence-electron chi connectivity index (χ0n) is 35.5. The summed E-state index contributed by atoms with van der Waals surface area (Å²) in [5, 5.41) is 4.87. The lowest BCUT2D eigenvalue weighted by Crippen LogP contribution is -2.39. The van der Waals surface area contributed by atoms with Gasteiger partial charge in [0.05, 0.1) is 12.1 Å². The van der Waals surface area contributed by atoms with E-state index in [4.69, 9.17) is 18.9 Å². The van der Waals surface area contributed by atoms with Crippen LogP contribution in [0.4, 0.5) is 0 Å². The van der Waals surface area contributed by atoms with Crippen LogP contribution in [0.5, 0.6) is 23.0 Å². The number of H-pyrrole nitrogens is 2. The molecule has 0 amide bonds. The topological polar surface area (TPSA) is 143 Å². The van der Waals surface area contributed by atoms with Crippen molar-refractivity contribution in [3.05, 3.63) is 201 Å². The fourth-order valence-electron chi connectivity index (χ4n) is 9.43. The highest BCUT2D eigenvalue weighted by atomic mass is 32.2. The molecule has 6 aromatic carbocycles. The van der Waals surface area contributed by atoms with Crippen molar-refractivity contribution in [2.45, 2.75) is 24.9 Å². The third-order valence-electron chi connectivity index (χ3n) is 12.5. The number of aromatic nitrogens is 2. The minimum atomic E-state index is -3.71. The molecule has 2 aromatic heterocycles. The lowest BCUT2D eigenvalue weighted by molar-refractivity contribution is 0.173. The summed E-state index contributed by atoms with van der Waals surface area (Å²) in [7, 11) is -7.42. The Kier molecular flexibility index (Phi) is 10.7. The first-order valence-corrected chi connectivity index (χ1v) is 24.7. The number of rotatable bonds is 8. The molecular formula is C52H44N4O8S2. The number of hydrogen-bond acceptors (Lipinski definition) is 8. The Bertz CT molecular complexity index is 3180. The first-order chi connectivity index (χ1) is 32.2. The van der Waals surface area contributed by atoms with E-state index < -0.39 is 32.1 Å². The minimum absolute atomic E-state index is 0.170. The predicted octanol–water partition coefficient (Wildman–Crippen LogP) is 9.69. The lowest BCUT2D eigenvalue weighted by Gasteiger charge is -2.34. The van der Waals surface area contributed by atoms with E-state index in [0.29, 0.717) is 48.9 Å². The van der Waals surface area contributed by atoms with Crippen molar-refractivity contribution in [2.75, 3.05) is 26.7 Å². The van der Waals surface area contributed by atoms with Crippen LogP contribution in [0.2, 0.25) is 0 Å². The standard InChI is InChI=1S/2C26H22N2O4S/c2*29-33(30,15-13-18-6-2-1-3-7-18)28-14-12-21-20-8-4-5-9-22(20)27-25(21)26(28)19-10-11-23-24(16-19)32-17-31-23/h2*1-11,13,15-16,26-27H,12,14,17H2/b2*15-13+/t26-;/m1./s1. The van der Waals surface area contributed by atoms with Gasteiger partial charge in [-0.1, -0.05) is 109 Å². The average molecular weight is 917 g/mol. The lowest BCUT2D eigenvalue weighted by atomic mass is 9.94. The number of benzene rings is 6. The third kappa shape index (κ3) is 7.81. The van der Waals surface area contributed by atoms with Crippen LogP contribution in [0.15, 0.2) is 156 Å². The van der Waals surface area contributed by atoms with Crippen molar-refractivity contribution >= 4 is 54.0 Å². The minimum Gasteiger partial charge on any atom is -0.454 e. The monoisotopic (exact) mass is 916 g/mol. The van der Waals surface area contributed by atoms with E-state index in [0.717, 1.165) is 66.6 Å². The molecule has 12 nitrogen and oxygen atoms in total. The highest BCUT2D eigenvalue weighted by Crippen LogP contribution is 2.45. The normalized spacial score (nSPS) is 18.1. The van der Waals surface area contributed by atoms with E-state index in [1.165, 1.54) is 10.8 Å². The highest BCUT2D eigenvalue weighted by Gasteiger charge is 2.40. The van der Waals surface area contributed by atoms with E-state index in [-0.39, 0.29) is 13.6 Å². The largest absolute Gasteiger partial charge is 0.454 e. The molecule has 12 rings (SSSR count). The van der Waals surface area contributed by atoms with Gasteiger partial charge in [-0.15, -0.1) is 0 Å². The van der Waals surface area contributed by atoms with Gasteiger partial charge in [0.2, 0.25) is 33.6 Å². The van der Waals surface area contributed by atoms with Gasteiger partial charge in [0.1, 0.15) is 0 Å². The summed E-state index contributed by atoms with van der Waals surface area (Å²) in [5.41, 5.74) is 9.48. The number of sulfonamides is 2. The Hall–Kier alpha value is -7.10. The van der Waals surface area contributed by atoms with E-state index in [1.807, 2.05) is 133 Å². The molecule has 0 fully saturated rings. The predicted molar refractivity (Wildman–Crippen MR) is 255 cm³/mol. The molecule has 332 valence electrons. The summed E-state index contributed by atoms with van der Waals surface area (Å²) >= 11 is 0. The molecule has 4 aliphatic heterocycles. The Balaban J connectivity index is 0.000000146. The van der Waals surface area contributed by atoms with Gasteiger partial charge in [-0.2, -0.15) is 8.61 Å². The number of nitrogens with one attached hydrogen (secondary N) is 2. The zero-order chi connectivity index (χ0) is 44.8. The van der Waals surface area contributed by atoms with Crippen molar-refractivity contribution in [2.24, 2.45) is 0 Å². The van der Waals surface area contributed by atoms with E-state index >= 15 is 0 Å². The van der Waals surface area contributed by atoms with Crippen LogP contribution in [0.3, 0.4) is 0 Å². The number of ether oxygens (including phenoxy) is 4. The van der Waals surface area contributed by atoms with Crippen LogP contribution >= 0.6 is 0 Å². The molecule has 0 aliphatic carbocycles. The molecular weight excluding hydrogens is 873 g/mol. The molecule has 1 unspecified atom stereocenters. The van der Waals surface area contributed by atoms with Gasteiger partial charge in [-0.25, -0.2) is 16.8 Å². The summed E-state index contributed by atoms with van der Waals surface area (Å²) in [5.74, 6) is 2.61. The number of aromatic amines is 2. The molecule has 66 heavy (non-hydrogen) atoms. The van der Waals surface area contributed by atoms with Crippen LogP contribution in [0.25, 0.3) is 34.0 Å². The zero-order valence-corrected chi connectivity index (χ0v) is 37.2. The molecule has 8 aromatic rings. The van der Waals surface area contributed by atoms with Crippen molar-refractivity contribution in [3.8, 4) is 23.0 Å². The van der Waals surface area contributed by atoms with Crippen LogP contribution in [0.1, 0.15) is 56.9 Å². The second kappa shape index (κ2) is 17.0. The molecule has 14 heteroatoms. The molecule has 0 saturated carbocycles. The Labute approximate surface area is 382 Å². The number of fused-ring (bicyclic) bond motifs is 8. The summed E-state index contributed by atoms with van der Waals surface area (Å²) < 4.78 is 79.5. The molecule has 0 radical (unpaired) electrons. The average Bonchev–Trinajstić information content (AvgIpc) is 4.18. The number of para-hydroxylation sites is 2. The van der Waals surface area contributed by atoms with Crippen LogP contribution < -0.4 is 18.9 Å². The third-order valence-corrected chi connectivity index (χ3v) is 15.6. The van der Waals surface area contributed by atoms with Crippen LogP contribution in [-0.4, -0.2) is 62.1 Å². The van der Waals surface area contributed by atoms with E-state index in [2.05, 4.69) is 22.1 Å². The van der Waals surface area contributed by atoms with Gasteiger partial charge < -0.3 is 28.9 Å². The summed E-state index contributed by atoms with van der Waals surface area (Å²) in [6.45, 7) is 1.11. The van der Waals surface area contributed by atoms with Crippen LogP contribution in [0, 0.1) is 0 Å². The number of hydrogen-bond donors (Lipinski definition) is 2. The maximum absolute atomic E-state index is 13.6. The molecule has 2 N–H and O–H groups in total. The van der Waals surface area contributed by atoms with Crippen molar-refractivity contribution < 1.29 is 35.8 Å².